The molecule has 0 aliphatic heterocycles. The number of alkyl halides is 2. The van der Waals surface area contributed by atoms with Crippen molar-refractivity contribution in [1.29, 1.82) is 0 Å². The fourth-order valence-corrected chi connectivity index (χ4v) is 13.5. The van der Waals surface area contributed by atoms with Crippen LogP contribution in [0.4, 0.5) is 0 Å². The van der Waals surface area contributed by atoms with Crippen LogP contribution in [-0.2, 0) is 14.0 Å². The molecule has 8 aliphatic carbocycles. The topological polar surface area (TPSA) is 160 Å². The third-order valence-electron chi connectivity index (χ3n) is 13.6. The first-order valence-corrected chi connectivity index (χ1v) is 24.2. The molecule has 16 heteroatoms. The molecule has 8 fully saturated rings. The predicted octanol–water partition coefficient (Wildman–Crippen LogP) is 1.37. The summed E-state index contributed by atoms with van der Waals surface area (Å²) in [5.41, 5.74) is 4.33. The zero-order chi connectivity index (χ0) is 42.9. The molecule has 8 saturated carbocycles. The molecule has 0 heterocycles. The van der Waals surface area contributed by atoms with Gasteiger partial charge in [-0.2, -0.15) is 0 Å². The maximum atomic E-state index is 11.1. The van der Waals surface area contributed by atoms with Crippen molar-refractivity contribution in [3.05, 3.63) is 131 Å². The van der Waals surface area contributed by atoms with E-state index in [4.69, 9.17) is 42.1 Å². The summed E-state index contributed by atoms with van der Waals surface area (Å²) in [6.07, 6.45) is 10.8. The number of phosphoric ester groups is 1. The monoisotopic (exact) mass is 984 g/mol. The summed E-state index contributed by atoms with van der Waals surface area (Å²) < 4.78 is 40.1. The molecule has 0 saturated heterocycles. The first-order chi connectivity index (χ1) is 29.9. The Morgan fingerprint density at radius 2 is 0.955 bits per heavy atom. The number of ether oxygens (including phenoxy) is 4. The van der Waals surface area contributed by atoms with Crippen LogP contribution in [0.25, 0.3) is 11.5 Å². The Labute approximate surface area is 465 Å². The van der Waals surface area contributed by atoms with Crippen molar-refractivity contribution in [3.8, 4) is 23.0 Å². The van der Waals surface area contributed by atoms with E-state index < -0.39 is 7.82 Å². The van der Waals surface area contributed by atoms with Crippen molar-refractivity contribution in [2.75, 3.05) is 26.4 Å². The fourth-order valence-electron chi connectivity index (χ4n) is 11.9. The molecule has 12 rings (SSSR count). The number of allylic oxidation sites excluding steroid dienone is 2. The van der Waals surface area contributed by atoms with Gasteiger partial charge in [0.2, 0.25) is 0 Å². The number of rotatable bonds is 14. The molecule has 4 atom stereocenters. The Balaban J connectivity index is 0.000000235. The number of phosphoric acid groups is 1. The van der Waals surface area contributed by atoms with Gasteiger partial charge in [0, 0.05) is 20.9 Å². The normalized spacial score (nSPS) is 27.0. The van der Waals surface area contributed by atoms with E-state index in [2.05, 4.69) is 4.52 Å². The number of aromatic hydroxyl groups is 1. The van der Waals surface area contributed by atoms with Crippen LogP contribution in [0.15, 0.2) is 120 Å². The van der Waals surface area contributed by atoms with Crippen LogP contribution in [0, 0.1) is 35.5 Å². The summed E-state index contributed by atoms with van der Waals surface area (Å²) in [5.74, 6) is 6.60. The van der Waals surface area contributed by atoms with Crippen LogP contribution in [-0.4, -0.2) is 46.8 Å². The third-order valence-corrected chi connectivity index (χ3v) is 15.0. The number of halogens is 2. The van der Waals surface area contributed by atoms with Crippen LogP contribution in [0.1, 0.15) is 75.3 Å². The fraction of sp³-hybridized carbons (Fsp3) is 0.440. The van der Waals surface area contributed by atoms with E-state index in [1.54, 1.807) is 18.2 Å². The van der Waals surface area contributed by atoms with Gasteiger partial charge in [0.05, 0.1) is 0 Å². The van der Waals surface area contributed by atoms with Crippen LogP contribution in [0.5, 0.6) is 23.0 Å². The van der Waals surface area contributed by atoms with Gasteiger partial charge in [-0.05, 0) is 159 Å². The van der Waals surface area contributed by atoms with Crippen molar-refractivity contribution in [2.45, 2.75) is 74.0 Å². The summed E-state index contributed by atoms with van der Waals surface area (Å²) in [4.78, 5) is 22.1. The zero-order valence-corrected chi connectivity index (χ0v) is 46.5. The minimum absolute atomic E-state index is 0. The third kappa shape index (κ3) is 13.8. The number of phenolic OH excluding ortho intramolecular Hbond substituents is 1. The SMILES string of the molecule is O=P([O-])([O-])Oc1cccc(C(OCCOc2ccccc2)=C2C3CC4CC2CC(Cl)(C4)C3)c1.Oc1cccc(C(OCCOc2ccccc2)=C2C3CC4CC2CC(Cl)(C4)C3)c1.[Na+].[Na+].[Na+].[OH-]. The van der Waals surface area contributed by atoms with Gasteiger partial charge >= 0.3 is 88.7 Å². The molecule has 336 valence electrons. The van der Waals surface area contributed by atoms with Crippen molar-refractivity contribution < 1.29 is 137 Å². The predicted molar refractivity (Wildman–Crippen MR) is 239 cm³/mol. The second-order valence-electron chi connectivity index (χ2n) is 18.2. The molecule has 66 heavy (non-hydrogen) atoms. The first-order valence-electron chi connectivity index (χ1n) is 22.0. The van der Waals surface area contributed by atoms with E-state index in [1.807, 2.05) is 84.9 Å². The van der Waals surface area contributed by atoms with Gasteiger partial charge in [-0.3, -0.25) is 0 Å². The smallest absolute Gasteiger partial charge is 0.870 e. The molecule has 8 bridgehead atoms. The zero-order valence-electron chi connectivity index (χ0n) is 38.1. The van der Waals surface area contributed by atoms with Crippen LogP contribution < -0.4 is 112 Å². The molecule has 4 aromatic rings. The summed E-state index contributed by atoms with van der Waals surface area (Å²) in [6, 6.07) is 33.3. The van der Waals surface area contributed by atoms with Gasteiger partial charge in [0.15, 0.2) is 0 Å². The second-order valence-corrected chi connectivity index (χ2v) is 20.9. The minimum atomic E-state index is -5.15. The molecule has 10 nitrogen and oxygen atoms in total. The largest absolute Gasteiger partial charge is 1.00 e. The molecule has 0 spiro atoms. The Morgan fingerprint density at radius 3 is 1.35 bits per heavy atom. The van der Waals surface area contributed by atoms with Gasteiger partial charge in [-0.1, -0.05) is 60.7 Å². The van der Waals surface area contributed by atoms with Gasteiger partial charge in [0.1, 0.15) is 68.8 Å². The molecule has 4 unspecified atom stereocenters. The molecule has 0 amide bonds. The maximum absolute atomic E-state index is 11.1. The quantitative estimate of drug-likeness (QED) is 0.0644. The molecule has 4 aromatic carbocycles. The minimum Gasteiger partial charge on any atom is -0.870 e. The van der Waals surface area contributed by atoms with E-state index in [1.165, 1.54) is 36.5 Å². The van der Waals surface area contributed by atoms with E-state index in [0.717, 1.165) is 79.4 Å². The van der Waals surface area contributed by atoms with Gasteiger partial charge in [0.25, 0.3) is 0 Å². The van der Waals surface area contributed by atoms with E-state index in [-0.39, 0.29) is 115 Å². The molecular weight excluding hydrogens is 931 g/mol. The summed E-state index contributed by atoms with van der Waals surface area (Å²) in [7, 11) is -5.15. The Hall–Kier alpha value is -1.15. The number of hydrogen-bond acceptors (Lipinski definition) is 10. The Bertz CT molecular complexity index is 2300. The number of hydrogen-bond donors (Lipinski definition) is 1. The molecule has 0 radical (unpaired) electrons. The number of benzene rings is 4. The summed E-state index contributed by atoms with van der Waals surface area (Å²) in [6.45, 7) is 1.65. The average molecular weight is 986 g/mol. The molecule has 0 aromatic heterocycles. The molecular formula is C50H54Cl2Na3O10P. The molecule has 8 aliphatic rings. The standard InChI is InChI=1S/C25H28ClO6P.C25H27ClO3.3Na.H2O/c26-25-14-17-11-19(15-25)23(20(12-17)16-25)24(31-10-9-30-21-6-2-1-3-7-21)18-5-4-8-22(13-18)32-33(27,28)29;26-25-14-17-11-19(15-25)23(20(12-17)16-25)24(18-5-4-6-21(27)13-18)29-10-9-28-22-7-2-1-3-8-22;;;;/h1-8,13,17,19-20H,9-12,14-16H2,(H2,27,28,29);1-8,13,17,19-20,27H,9-12,14-16H2;;;;1H2/q;;3*+1;/p-3. The number of phenols is 1. The Kier molecular flexibility index (Phi) is 20.5. The van der Waals surface area contributed by atoms with Crippen LogP contribution in [0.2, 0.25) is 0 Å². The van der Waals surface area contributed by atoms with Gasteiger partial charge in [-0.15, -0.1) is 23.2 Å². The summed E-state index contributed by atoms with van der Waals surface area (Å²) >= 11 is 13.9. The van der Waals surface area contributed by atoms with Crippen LogP contribution >= 0.6 is 31.0 Å². The maximum Gasteiger partial charge on any atom is 1.00 e. The van der Waals surface area contributed by atoms with Crippen molar-refractivity contribution >= 4 is 42.5 Å². The Morgan fingerprint density at radius 1 is 0.561 bits per heavy atom. The van der Waals surface area contributed by atoms with Crippen molar-refractivity contribution in [1.82, 2.24) is 0 Å². The summed E-state index contributed by atoms with van der Waals surface area (Å²) in [5, 5.41) is 10.0. The van der Waals surface area contributed by atoms with Crippen molar-refractivity contribution in [3.63, 3.8) is 0 Å². The van der Waals surface area contributed by atoms with E-state index >= 15 is 0 Å². The first kappa shape index (κ1) is 55.8. The van der Waals surface area contributed by atoms with Gasteiger partial charge in [-0.25, -0.2) is 0 Å². The van der Waals surface area contributed by atoms with E-state index in [0.29, 0.717) is 61.6 Å². The van der Waals surface area contributed by atoms with E-state index in [9.17, 15) is 19.5 Å². The van der Waals surface area contributed by atoms with Gasteiger partial charge < -0.3 is 48.4 Å². The van der Waals surface area contributed by atoms with Crippen molar-refractivity contribution in [2.24, 2.45) is 35.5 Å². The van der Waals surface area contributed by atoms with Crippen LogP contribution in [0.3, 0.4) is 0 Å². The molecule has 2 N–H and O–H groups in total. The number of para-hydroxylation sites is 2. The second kappa shape index (κ2) is 24.3. The average Bonchev–Trinajstić information content (AvgIpc) is 3.21.